The maximum atomic E-state index is 13.3. The summed E-state index contributed by atoms with van der Waals surface area (Å²) in [6, 6.07) is 27.0. The van der Waals surface area contributed by atoms with Crippen molar-refractivity contribution >= 4 is 23.5 Å². The van der Waals surface area contributed by atoms with E-state index in [-0.39, 0.29) is 5.91 Å². The zero-order valence-electron chi connectivity index (χ0n) is 29.5. The number of hydrogen-bond acceptors (Lipinski definition) is 7. The van der Waals surface area contributed by atoms with Crippen LogP contribution in [0.5, 0.6) is 5.75 Å². The van der Waals surface area contributed by atoms with E-state index in [0.717, 1.165) is 83.2 Å². The number of ether oxygens (including phenoxy) is 2. The van der Waals surface area contributed by atoms with Crippen LogP contribution < -0.4 is 9.64 Å². The van der Waals surface area contributed by atoms with Crippen molar-refractivity contribution < 1.29 is 60.4 Å². The molecule has 0 aromatic heterocycles. The monoisotopic (exact) mass is 767 g/mol. The lowest BCUT2D eigenvalue weighted by Gasteiger charge is -2.47. The van der Waals surface area contributed by atoms with Gasteiger partial charge in [-0.05, 0) is 80.1 Å². The van der Waals surface area contributed by atoms with Crippen molar-refractivity contribution in [3.63, 3.8) is 0 Å². The highest BCUT2D eigenvalue weighted by molar-refractivity contribution is 5.94. The van der Waals surface area contributed by atoms with Crippen molar-refractivity contribution in [2.45, 2.75) is 51.2 Å². The number of carbonyl (C=O) groups is 3. The lowest BCUT2D eigenvalue weighted by molar-refractivity contribution is -0.193. The first-order valence-corrected chi connectivity index (χ1v) is 17.4. The molecule has 0 aliphatic carbocycles. The Bertz CT molecular complexity index is 1620. The standard InChI is InChI=1S/C34H41N3O3.2C2HF3O2/c38-33(29-10-12-31(13-11-29)36-22-24-39-25-23-36)37-20-16-34(17-21-37)14-18-35(19-15-34)26-30-8-4-5-9-32(30)40-27-28-6-2-1-3-7-28;2*3-2(4,5)1(6)7/h1-13H,14-27H2;2*(H,6,7). The van der Waals surface area contributed by atoms with Crippen LogP contribution in [0.4, 0.5) is 32.0 Å². The molecule has 1 spiro atoms. The Balaban J connectivity index is 0.000000396. The summed E-state index contributed by atoms with van der Waals surface area (Å²) in [6.45, 7) is 8.80. The Morgan fingerprint density at radius 3 is 1.72 bits per heavy atom. The lowest BCUT2D eigenvalue weighted by atomic mass is 9.71. The SMILES string of the molecule is O=C(O)C(F)(F)F.O=C(O)C(F)(F)F.O=C(c1ccc(N2CCOCC2)cc1)N1CCC2(CCN(Cc3ccccc3OCc3ccccc3)CC2)CC1. The number of piperidine rings is 2. The number of anilines is 1. The Morgan fingerprint density at radius 1 is 0.685 bits per heavy atom. The predicted molar refractivity (Wildman–Crippen MR) is 186 cm³/mol. The van der Waals surface area contributed by atoms with Crippen LogP contribution in [0.1, 0.15) is 47.2 Å². The topological polar surface area (TPSA) is 120 Å². The second kappa shape index (κ2) is 19.0. The molecule has 0 unspecified atom stereocenters. The number of alkyl halides is 6. The molecule has 3 aliphatic rings. The van der Waals surface area contributed by atoms with E-state index in [1.807, 2.05) is 18.2 Å². The highest BCUT2D eigenvalue weighted by Gasteiger charge is 2.40. The summed E-state index contributed by atoms with van der Waals surface area (Å²) in [5.74, 6) is -4.36. The molecule has 0 saturated carbocycles. The summed E-state index contributed by atoms with van der Waals surface area (Å²) in [5, 5.41) is 14.2. The zero-order valence-corrected chi connectivity index (χ0v) is 29.5. The molecule has 16 heteroatoms. The number of nitrogens with zero attached hydrogens (tertiary/aromatic N) is 3. The van der Waals surface area contributed by atoms with E-state index in [1.165, 1.54) is 29.7 Å². The van der Waals surface area contributed by atoms with Gasteiger partial charge in [0.25, 0.3) is 5.91 Å². The molecule has 3 aliphatic heterocycles. The molecule has 3 aromatic rings. The van der Waals surface area contributed by atoms with Crippen LogP contribution in [0, 0.1) is 5.41 Å². The molecule has 54 heavy (non-hydrogen) atoms. The van der Waals surface area contributed by atoms with E-state index in [0.29, 0.717) is 12.0 Å². The number of halogens is 6. The number of carbonyl (C=O) groups excluding carboxylic acids is 1. The molecule has 0 radical (unpaired) electrons. The van der Waals surface area contributed by atoms with Crippen molar-refractivity contribution in [3.05, 3.63) is 95.6 Å². The third-order valence-corrected chi connectivity index (χ3v) is 9.61. The second-order valence-electron chi connectivity index (χ2n) is 13.2. The molecule has 6 rings (SSSR count). The quantitative estimate of drug-likeness (QED) is 0.248. The van der Waals surface area contributed by atoms with Gasteiger partial charge in [0.05, 0.1) is 13.2 Å². The molecular weight excluding hydrogens is 724 g/mol. The van der Waals surface area contributed by atoms with Gasteiger partial charge in [-0.3, -0.25) is 9.69 Å². The number of hydrogen-bond donors (Lipinski definition) is 2. The average Bonchev–Trinajstić information content (AvgIpc) is 3.16. The number of carboxylic acid groups (broad SMARTS) is 2. The summed E-state index contributed by atoms with van der Waals surface area (Å²) < 4.78 is 75.1. The fourth-order valence-corrected chi connectivity index (χ4v) is 6.44. The number of carboxylic acids is 2. The number of aliphatic carboxylic acids is 2. The normalized spacial score (nSPS) is 17.4. The van der Waals surface area contributed by atoms with Gasteiger partial charge in [0, 0.05) is 49.5 Å². The Labute approximate surface area is 308 Å². The number of morpholine rings is 1. The lowest BCUT2D eigenvalue weighted by Crippen LogP contribution is -2.48. The van der Waals surface area contributed by atoms with Gasteiger partial charge in [-0.25, -0.2) is 9.59 Å². The summed E-state index contributed by atoms with van der Waals surface area (Å²) in [7, 11) is 0. The highest BCUT2D eigenvalue weighted by atomic mass is 19.4. The van der Waals surface area contributed by atoms with Crippen LogP contribution in [0.15, 0.2) is 78.9 Å². The minimum Gasteiger partial charge on any atom is -0.489 e. The Hall–Kier alpha value is -4.83. The van der Waals surface area contributed by atoms with Crippen molar-refractivity contribution in [2.24, 2.45) is 5.41 Å². The minimum atomic E-state index is -5.08. The van der Waals surface area contributed by atoms with E-state index < -0.39 is 24.3 Å². The van der Waals surface area contributed by atoms with Crippen LogP contribution in [0.2, 0.25) is 0 Å². The molecule has 2 N–H and O–H groups in total. The third-order valence-electron chi connectivity index (χ3n) is 9.61. The molecule has 3 saturated heterocycles. The van der Waals surface area contributed by atoms with E-state index in [1.54, 1.807) is 0 Å². The smallest absolute Gasteiger partial charge is 0.489 e. The number of amides is 1. The van der Waals surface area contributed by atoms with Gasteiger partial charge in [0.15, 0.2) is 0 Å². The highest BCUT2D eigenvalue weighted by Crippen LogP contribution is 2.42. The van der Waals surface area contributed by atoms with Crippen molar-refractivity contribution in [2.75, 3.05) is 57.4 Å². The zero-order chi connectivity index (χ0) is 39.4. The third kappa shape index (κ3) is 12.6. The first-order chi connectivity index (χ1) is 25.6. The molecule has 0 atom stereocenters. The van der Waals surface area contributed by atoms with Gasteiger partial charge in [-0.2, -0.15) is 26.3 Å². The molecule has 1 amide bonds. The van der Waals surface area contributed by atoms with Gasteiger partial charge in [-0.1, -0.05) is 48.5 Å². The summed E-state index contributed by atoms with van der Waals surface area (Å²) in [4.78, 5) is 38.0. The minimum absolute atomic E-state index is 0.174. The number of likely N-dealkylation sites (tertiary alicyclic amines) is 2. The first-order valence-electron chi connectivity index (χ1n) is 17.4. The first kappa shape index (κ1) is 41.9. The summed E-state index contributed by atoms with van der Waals surface area (Å²) in [6.07, 6.45) is -5.54. The molecule has 3 aromatic carbocycles. The van der Waals surface area contributed by atoms with Gasteiger partial charge in [0.2, 0.25) is 0 Å². The number of para-hydroxylation sites is 1. The van der Waals surface area contributed by atoms with Crippen molar-refractivity contribution in [3.8, 4) is 5.75 Å². The second-order valence-corrected chi connectivity index (χ2v) is 13.2. The molecule has 3 heterocycles. The summed E-state index contributed by atoms with van der Waals surface area (Å²) in [5.41, 5.74) is 4.79. The van der Waals surface area contributed by atoms with E-state index in [2.05, 4.69) is 75.4 Å². The van der Waals surface area contributed by atoms with Crippen LogP contribution >= 0.6 is 0 Å². The van der Waals surface area contributed by atoms with Crippen molar-refractivity contribution in [1.29, 1.82) is 0 Å². The number of rotatable bonds is 7. The average molecular weight is 768 g/mol. The van der Waals surface area contributed by atoms with Crippen LogP contribution in [0.3, 0.4) is 0 Å². The molecule has 294 valence electrons. The van der Waals surface area contributed by atoms with Crippen LogP contribution in [-0.4, -0.2) is 103 Å². The van der Waals surface area contributed by atoms with Crippen molar-refractivity contribution in [1.82, 2.24) is 9.80 Å². The van der Waals surface area contributed by atoms with Crippen LogP contribution in [0.25, 0.3) is 0 Å². The van der Waals surface area contributed by atoms with E-state index in [4.69, 9.17) is 29.3 Å². The Kier molecular flexibility index (Phi) is 14.7. The van der Waals surface area contributed by atoms with Gasteiger partial charge >= 0.3 is 24.3 Å². The predicted octanol–water partition coefficient (Wildman–Crippen LogP) is 6.89. The molecular formula is C38H43F6N3O7. The fraction of sp³-hybridized carbons (Fsp3) is 0.447. The maximum absolute atomic E-state index is 13.3. The summed E-state index contributed by atoms with van der Waals surface area (Å²) >= 11 is 0. The van der Waals surface area contributed by atoms with E-state index >= 15 is 0 Å². The van der Waals surface area contributed by atoms with Gasteiger partial charge in [-0.15, -0.1) is 0 Å². The van der Waals surface area contributed by atoms with E-state index in [9.17, 15) is 31.1 Å². The van der Waals surface area contributed by atoms with Crippen LogP contribution in [-0.2, 0) is 27.5 Å². The molecule has 10 nitrogen and oxygen atoms in total. The molecule has 0 bridgehead atoms. The van der Waals surface area contributed by atoms with Gasteiger partial charge < -0.3 is 29.5 Å². The maximum Gasteiger partial charge on any atom is 0.490 e. The van der Waals surface area contributed by atoms with Gasteiger partial charge in [0.1, 0.15) is 12.4 Å². The fourth-order valence-electron chi connectivity index (χ4n) is 6.44. The molecule has 3 fully saturated rings. The largest absolute Gasteiger partial charge is 0.490 e. The Morgan fingerprint density at radius 2 is 1.19 bits per heavy atom. The number of benzene rings is 3.